The average Bonchev–Trinajstić information content (AvgIpc) is 2.75. The molecule has 2 amide bonds. The van der Waals surface area contributed by atoms with Gasteiger partial charge in [-0.3, -0.25) is 14.4 Å². The number of aliphatic hydroxyl groups is 1. The monoisotopic (exact) mass is 412 g/mol. The summed E-state index contributed by atoms with van der Waals surface area (Å²) in [5, 5.41) is 9.51. The average molecular weight is 412 g/mol. The van der Waals surface area contributed by atoms with Gasteiger partial charge in [0, 0.05) is 20.0 Å². The maximum absolute atomic E-state index is 12.4. The number of likely N-dealkylation sites (N-methyl/N-ethyl adjacent to an activating group) is 2. The third-order valence-corrected chi connectivity index (χ3v) is 3.74. The molecule has 0 unspecified atom stereocenters. The van der Waals surface area contributed by atoms with Crippen molar-refractivity contribution in [3.05, 3.63) is 0 Å². The molecule has 0 aliphatic heterocycles. The van der Waals surface area contributed by atoms with Crippen LogP contribution in [0.5, 0.6) is 0 Å². The van der Waals surface area contributed by atoms with Gasteiger partial charge in [-0.05, 0) is 91.8 Å². The van der Waals surface area contributed by atoms with Gasteiger partial charge >= 0.3 is 0 Å². The van der Waals surface area contributed by atoms with Gasteiger partial charge < -0.3 is 14.9 Å². The Bertz CT molecular complexity index is 1150. The van der Waals surface area contributed by atoms with Crippen molar-refractivity contribution < 1.29 is 19.5 Å². The van der Waals surface area contributed by atoms with Crippen LogP contribution in [0.3, 0.4) is 0 Å². The second-order valence-electron chi connectivity index (χ2n) is 5.73. The minimum Gasteiger partial charge on any atom is -0.394 e. The molecule has 154 valence electrons. The predicted octanol–water partition coefficient (Wildman–Crippen LogP) is -0.715. The summed E-state index contributed by atoms with van der Waals surface area (Å²) in [6.07, 6.45) is 0. The molecule has 0 rings (SSSR count). The smallest absolute Gasteiger partial charge is 0.299 e. The lowest BCUT2D eigenvalue weighted by atomic mass is 10.1. The summed E-state index contributed by atoms with van der Waals surface area (Å²) in [5.41, 5.74) is 0. The van der Waals surface area contributed by atoms with Gasteiger partial charge in [-0.25, -0.2) is 0 Å². The molecule has 0 bridgehead atoms. The first-order valence-corrected chi connectivity index (χ1v) is 8.85. The molecule has 0 aliphatic carbocycles. The van der Waals surface area contributed by atoms with Crippen LogP contribution in [-0.4, -0.2) is 65.3 Å². The Hall–Kier alpha value is -4.51. The van der Waals surface area contributed by atoms with E-state index in [2.05, 4.69) is 82.9 Å². The van der Waals surface area contributed by atoms with Crippen LogP contribution in [0.4, 0.5) is 0 Å². The maximum atomic E-state index is 12.4. The summed E-state index contributed by atoms with van der Waals surface area (Å²) in [7, 11) is 2.75. The van der Waals surface area contributed by atoms with Gasteiger partial charge in [-0.2, -0.15) is 0 Å². The first kappa shape index (κ1) is 26.5. The van der Waals surface area contributed by atoms with Crippen molar-refractivity contribution in [3.8, 4) is 82.9 Å². The van der Waals surface area contributed by atoms with E-state index in [1.54, 1.807) is 13.8 Å². The molecule has 0 aliphatic rings. The molecule has 1 N–H and O–H groups in total. The van der Waals surface area contributed by atoms with Gasteiger partial charge in [0.25, 0.3) is 5.91 Å². The molecular formula is C25H20N2O4. The zero-order valence-corrected chi connectivity index (χ0v) is 17.9. The Morgan fingerprint density at radius 2 is 1.19 bits per heavy atom. The van der Waals surface area contributed by atoms with Crippen LogP contribution in [0.2, 0.25) is 0 Å². The Morgan fingerprint density at radius 3 is 1.58 bits per heavy atom. The SMILES string of the molecule is CC#CC#CC#CC#CC#CC#CC#CC(=O)N(C)[C@@H](CO)C(=O)N(C)[C@@H](C)C(C)=O. The van der Waals surface area contributed by atoms with Crippen molar-refractivity contribution in [2.45, 2.75) is 32.9 Å². The number of ketones is 1. The fraction of sp³-hybridized carbons (Fsp3) is 0.320. The number of hydrogen-bond acceptors (Lipinski definition) is 4. The molecule has 31 heavy (non-hydrogen) atoms. The highest BCUT2D eigenvalue weighted by molar-refractivity contribution is 5.98. The molecule has 0 heterocycles. The summed E-state index contributed by atoms with van der Waals surface area (Å²) in [6.45, 7) is 3.96. The van der Waals surface area contributed by atoms with Crippen LogP contribution in [0, 0.1) is 82.9 Å². The minimum atomic E-state index is -1.17. The maximum Gasteiger partial charge on any atom is 0.299 e. The topological polar surface area (TPSA) is 77.9 Å². The molecule has 0 fully saturated rings. The van der Waals surface area contributed by atoms with E-state index in [0.29, 0.717) is 0 Å². The molecule has 0 aromatic rings. The molecule has 6 heteroatoms. The summed E-state index contributed by atoms with van der Waals surface area (Å²) in [5.74, 6) is 32.6. The highest BCUT2D eigenvalue weighted by Gasteiger charge is 2.31. The zero-order valence-electron chi connectivity index (χ0n) is 17.9. The van der Waals surface area contributed by atoms with Gasteiger partial charge in [0.2, 0.25) is 5.91 Å². The fourth-order valence-corrected chi connectivity index (χ4v) is 1.75. The van der Waals surface area contributed by atoms with Crippen molar-refractivity contribution in [3.63, 3.8) is 0 Å². The minimum absolute atomic E-state index is 0.218. The number of amides is 2. The van der Waals surface area contributed by atoms with Gasteiger partial charge in [-0.1, -0.05) is 5.92 Å². The molecule has 0 spiro atoms. The lowest BCUT2D eigenvalue weighted by molar-refractivity contribution is -0.146. The molecule has 2 atom stereocenters. The summed E-state index contributed by atoms with van der Waals surface area (Å²) in [6, 6.07) is -1.85. The standard InChI is InChI=1S/C25H20N2O4/c1-6-7-8-9-10-11-12-13-14-15-16-17-18-19-24(30)27(5)23(20-28)25(31)26(4)21(2)22(3)29/h21,23,28H,20H2,1-5H3/t21-,23-/m0/s1. The number of carbonyl (C=O) groups excluding carboxylic acids is 3. The number of hydrogen-bond donors (Lipinski definition) is 1. The Morgan fingerprint density at radius 1 is 0.774 bits per heavy atom. The third-order valence-electron chi connectivity index (χ3n) is 3.74. The summed E-state index contributed by atoms with van der Waals surface area (Å²) >= 11 is 0. The van der Waals surface area contributed by atoms with Crippen LogP contribution in [-0.2, 0) is 14.4 Å². The van der Waals surface area contributed by atoms with E-state index in [4.69, 9.17) is 0 Å². The molecular weight excluding hydrogens is 392 g/mol. The van der Waals surface area contributed by atoms with Crippen LogP contribution in [0.1, 0.15) is 20.8 Å². The largest absolute Gasteiger partial charge is 0.394 e. The van der Waals surface area contributed by atoms with E-state index >= 15 is 0 Å². The van der Waals surface area contributed by atoms with Gasteiger partial charge in [0.15, 0.2) is 5.78 Å². The van der Waals surface area contributed by atoms with Gasteiger partial charge in [0.1, 0.15) is 6.04 Å². The van der Waals surface area contributed by atoms with Crippen molar-refractivity contribution in [2.75, 3.05) is 20.7 Å². The highest BCUT2D eigenvalue weighted by Crippen LogP contribution is 2.06. The predicted molar refractivity (Wildman–Crippen MR) is 117 cm³/mol. The van der Waals surface area contributed by atoms with Crippen molar-refractivity contribution in [1.82, 2.24) is 9.80 Å². The van der Waals surface area contributed by atoms with E-state index in [1.165, 1.54) is 25.9 Å². The van der Waals surface area contributed by atoms with E-state index in [0.717, 1.165) is 4.90 Å². The van der Waals surface area contributed by atoms with E-state index in [1.807, 2.05) is 0 Å². The Balaban J connectivity index is 5.00. The number of aliphatic hydroxyl groups excluding tert-OH is 1. The van der Waals surface area contributed by atoms with Crippen molar-refractivity contribution in [1.29, 1.82) is 0 Å². The highest BCUT2D eigenvalue weighted by atomic mass is 16.3. The Labute approximate surface area is 183 Å². The van der Waals surface area contributed by atoms with Gasteiger partial charge in [-0.15, -0.1) is 0 Å². The number of nitrogens with zero attached hydrogens (tertiary/aromatic N) is 2. The lowest BCUT2D eigenvalue weighted by Gasteiger charge is -2.30. The first-order valence-electron chi connectivity index (χ1n) is 8.85. The van der Waals surface area contributed by atoms with Crippen molar-refractivity contribution >= 4 is 17.6 Å². The van der Waals surface area contributed by atoms with Crippen LogP contribution >= 0.6 is 0 Å². The molecule has 0 saturated heterocycles. The third kappa shape index (κ3) is 10.6. The number of Topliss-reactive ketones (excluding diaryl/α,β-unsaturated/α-hetero) is 1. The molecule has 0 aromatic heterocycles. The van der Waals surface area contributed by atoms with Gasteiger partial charge in [0.05, 0.1) is 12.6 Å². The molecule has 0 radical (unpaired) electrons. The number of rotatable bonds is 5. The van der Waals surface area contributed by atoms with Crippen LogP contribution in [0.15, 0.2) is 0 Å². The van der Waals surface area contributed by atoms with E-state index in [-0.39, 0.29) is 5.78 Å². The fourth-order valence-electron chi connectivity index (χ4n) is 1.75. The second-order valence-corrected chi connectivity index (χ2v) is 5.73. The summed E-state index contributed by atoms with van der Waals surface area (Å²) in [4.78, 5) is 38.2. The Kier molecular flexibility index (Phi) is 13.2. The first-order chi connectivity index (χ1) is 14.8. The lowest BCUT2D eigenvalue weighted by Crippen LogP contribution is -2.53. The van der Waals surface area contributed by atoms with Crippen molar-refractivity contribution in [2.24, 2.45) is 0 Å². The van der Waals surface area contributed by atoms with Crippen LogP contribution in [0.25, 0.3) is 0 Å². The zero-order chi connectivity index (χ0) is 23.6. The molecule has 0 saturated carbocycles. The molecule has 6 nitrogen and oxygen atoms in total. The second kappa shape index (κ2) is 15.4. The molecule has 0 aromatic carbocycles. The normalized spacial score (nSPS) is 9.35. The number of carbonyl (C=O) groups is 3. The van der Waals surface area contributed by atoms with E-state index < -0.39 is 30.5 Å². The van der Waals surface area contributed by atoms with E-state index in [9.17, 15) is 19.5 Å². The van der Waals surface area contributed by atoms with Crippen LogP contribution < -0.4 is 0 Å². The summed E-state index contributed by atoms with van der Waals surface area (Å²) < 4.78 is 0. The quantitative estimate of drug-likeness (QED) is 0.605.